The van der Waals surface area contributed by atoms with Crippen molar-refractivity contribution < 1.29 is 23.5 Å². The van der Waals surface area contributed by atoms with Gasteiger partial charge in [0.2, 0.25) is 0 Å². The van der Waals surface area contributed by atoms with Crippen molar-refractivity contribution >= 4 is 11.9 Å². The summed E-state index contributed by atoms with van der Waals surface area (Å²) in [6.07, 6.45) is 1.39. The molecule has 0 aliphatic heterocycles. The smallest absolute Gasteiger partial charge is 0.341 e. The van der Waals surface area contributed by atoms with E-state index in [2.05, 4.69) is 14.8 Å². The molecule has 0 saturated heterocycles. The Labute approximate surface area is 92.5 Å². The number of hydrogen-bond acceptors (Lipinski definition) is 6. The van der Waals surface area contributed by atoms with Crippen LogP contribution in [0.25, 0.3) is 0 Å². The zero-order valence-corrected chi connectivity index (χ0v) is 9.11. The highest BCUT2D eigenvalue weighted by Gasteiger charge is 2.14. The fourth-order valence-corrected chi connectivity index (χ4v) is 1.12. The molecule has 0 amide bonds. The first kappa shape index (κ1) is 12.3. The summed E-state index contributed by atoms with van der Waals surface area (Å²) in [4.78, 5) is 22.1. The van der Waals surface area contributed by atoms with Crippen molar-refractivity contribution in [1.29, 1.82) is 0 Å². The van der Waals surface area contributed by atoms with Crippen molar-refractivity contribution in [3.63, 3.8) is 0 Å². The lowest BCUT2D eigenvalue weighted by molar-refractivity contribution is -0.139. The van der Waals surface area contributed by atoms with Gasteiger partial charge in [-0.15, -0.1) is 0 Å². The van der Waals surface area contributed by atoms with Crippen molar-refractivity contribution in [3.8, 4) is 0 Å². The molecule has 6 heteroatoms. The molecule has 0 spiro atoms. The minimum atomic E-state index is -0.469. The molecular formula is C10H13NO5. The molecule has 0 aromatic carbocycles. The number of carbonyl (C=O) groups is 2. The molecule has 0 aliphatic carbocycles. The molecule has 1 aromatic heterocycles. The summed E-state index contributed by atoms with van der Waals surface area (Å²) in [5, 5.41) is 2.78. The quantitative estimate of drug-likeness (QED) is 0.730. The zero-order chi connectivity index (χ0) is 12.0. The SMILES string of the molecule is COC(=O)CNCc1occc1C(=O)OC. The topological polar surface area (TPSA) is 77.8 Å². The van der Waals surface area contributed by atoms with Crippen molar-refractivity contribution in [2.75, 3.05) is 20.8 Å². The van der Waals surface area contributed by atoms with Gasteiger partial charge in [0.15, 0.2) is 0 Å². The maximum absolute atomic E-state index is 11.2. The first-order chi connectivity index (χ1) is 7.69. The molecule has 0 unspecified atom stereocenters. The zero-order valence-electron chi connectivity index (χ0n) is 9.11. The largest absolute Gasteiger partial charge is 0.468 e. The van der Waals surface area contributed by atoms with E-state index in [-0.39, 0.29) is 19.1 Å². The second-order valence-corrected chi connectivity index (χ2v) is 2.93. The van der Waals surface area contributed by atoms with Crippen molar-refractivity contribution in [3.05, 3.63) is 23.7 Å². The minimum absolute atomic E-state index is 0.0534. The maximum atomic E-state index is 11.2. The summed E-state index contributed by atoms with van der Waals surface area (Å²) >= 11 is 0. The Kier molecular flexibility index (Phi) is 4.53. The van der Waals surface area contributed by atoms with E-state index < -0.39 is 5.97 Å². The first-order valence-electron chi connectivity index (χ1n) is 4.61. The van der Waals surface area contributed by atoms with Gasteiger partial charge < -0.3 is 13.9 Å². The standard InChI is InChI=1S/C10H13NO5/c1-14-9(12)6-11-5-8-7(3-4-16-8)10(13)15-2/h3-4,11H,5-6H2,1-2H3. The van der Waals surface area contributed by atoms with E-state index in [1.54, 1.807) is 0 Å². The molecule has 0 saturated carbocycles. The van der Waals surface area contributed by atoms with Crippen LogP contribution in [0, 0.1) is 0 Å². The molecule has 1 aromatic rings. The van der Waals surface area contributed by atoms with Crippen LogP contribution >= 0.6 is 0 Å². The Morgan fingerprint density at radius 1 is 1.38 bits per heavy atom. The Bertz CT molecular complexity index is 371. The van der Waals surface area contributed by atoms with Crippen molar-refractivity contribution in [2.24, 2.45) is 0 Å². The Balaban J connectivity index is 2.51. The molecule has 0 atom stereocenters. The number of ether oxygens (including phenoxy) is 2. The second kappa shape index (κ2) is 5.92. The highest BCUT2D eigenvalue weighted by atomic mass is 16.5. The molecule has 16 heavy (non-hydrogen) atoms. The van der Waals surface area contributed by atoms with Crippen LogP contribution in [0.3, 0.4) is 0 Å². The molecule has 88 valence electrons. The van der Waals surface area contributed by atoms with Crippen molar-refractivity contribution in [2.45, 2.75) is 6.54 Å². The number of esters is 2. The lowest BCUT2D eigenvalue weighted by Gasteiger charge is -2.02. The number of carbonyl (C=O) groups excluding carboxylic acids is 2. The maximum Gasteiger partial charge on any atom is 0.341 e. The van der Waals surface area contributed by atoms with Gasteiger partial charge in [0, 0.05) is 0 Å². The summed E-state index contributed by atoms with van der Waals surface area (Å²) in [5.74, 6) is -0.425. The van der Waals surface area contributed by atoms with Gasteiger partial charge in [-0.25, -0.2) is 4.79 Å². The van der Waals surface area contributed by atoms with Crippen LogP contribution in [0.1, 0.15) is 16.1 Å². The Morgan fingerprint density at radius 3 is 2.75 bits per heavy atom. The Morgan fingerprint density at radius 2 is 2.12 bits per heavy atom. The van der Waals surface area contributed by atoms with E-state index >= 15 is 0 Å². The van der Waals surface area contributed by atoms with Gasteiger partial charge in [-0.3, -0.25) is 10.1 Å². The van der Waals surface area contributed by atoms with Crippen LogP contribution in [-0.2, 0) is 20.8 Å². The van der Waals surface area contributed by atoms with Crippen LogP contribution in [0.5, 0.6) is 0 Å². The molecule has 0 aliphatic rings. The third-order valence-corrected chi connectivity index (χ3v) is 1.93. The summed E-state index contributed by atoms with van der Waals surface area (Å²) in [7, 11) is 2.60. The van der Waals surface area contributed by atoms with Crippen molar-refractivity contribution in [1.82, 2.24) is 5.32 Å². The minimum Gasteiger partial charge on any atom is -0.468 e. The fraction of sp³-hybridized carbons (Fsp3) is 0.400. The number of hydrogen-bond donors (Lipinski definition) is 1. The van der Waals surface area contributed by atoms with Gasteiger partial charge in [0.25, 0.3) is 0 Å². The predicted molar refractivity (Wildman–Crippen MR) is 53.8 cm³/mol. The van der Waals surface area contributed by atoms with Gasteiger partial charge in [0.1, 0.15) is 11.3 Å². The van der Waals surface area contributed by atoms with E-state index in [0.29, 0.717) is 11.3 Å². The van der Waals surface area contributed by atoms with Gasteiger partial charge >= 0.3 is 11.9 Å². The fourth-order valence-electron chi connectivity index (χ4n) is 1.12. The average Bonchev–Trinajstić information content (AvgIpc) is 2.76. The van der Waals surface area contributed by atoms with E-state index in [4.69, 9.17) is 4.42 Å². The van der Waals surface area contributed by atoms with Gasteiger partial charge in [-0.2, -0.15) is 0 Å². The monoisotopic (exact) mass is 227 g/mol. The van der Waals surface area contributed by atoms with Crippen LogP contribution < -0.4 is 5.32 Å². The van der Waals surface area contributed by atoms with Crippen LogP contribution in [-0.4, -0.2) is 32.7 Å². The highest BCUT2D eigenvalue weighted by molar-refractivity contribution is 5.90. The first-order valence-corrected chi connectivity index (χ1v) is 4.61. The molecule has 6 nitrogen and oxygen atoms in total. The average molecular weight is 227 g/mol. The van der Waals surface area contributed by atoms with Gasteiger partial charge in [0.05, 0.1) is 33.6 Å². The summed E-state index contributed by atoms with van der Waals surface area (Å²) < 4.78 is 14.1. The Hall–Kier alpha value is -1.82. The molecule has 1 rings (SSSR count). The normalized spacial score (nSPS) is 9.88. The lowest BCUT2D eigenvalue weighted by atomic mass is 10.2. The van der Waals surface area contributed by atoms with Gasteiger partial charge in [-0.1, -0.05) is 0 Å². The third-order valence-electron chi connectivity index (χ3n) is 1.93. The van der Waals surface area contributed by atoms with Crippen LogP contribution in [0.2, 0.25) is 0 Å². The molecule has 0 fully saturated rings. The number of furan rings is 1. The van der Waals surface area contributed by atoms with E-state index in [1.807, 2.05) is 0 Å². The highest BCUT2D eigenvalue weighted by Crippen LogP contribution is 2.11. The molecular weight excluding hydrogens is 214 g/mol. The second-order valence-electron chi connectivity index (χ2n) is 2.93. The molecule has 1 heterocycles. The number of nitrogens with one attached hydrogen (secondary N) is 1. The third kappa shape index (κ3) is 3.09. The molecule has 0 bridgehead atoms. The molecule has 0 radical (unpaired) electrons. The van der Waals surface area contributed by atoms with Gasteiger partial charge in [-0.05, 0) is 6.07 Å². The number of methoxy groups -OCH3 is 2. The van der Waals surface area contributed by atoms with E-state index in [9.17, 15) is 9.59 Å². The van der Waals surface area contributed by atoms with Crippen LogP contribution in [0.4, 0.5) is 0 Å². The molecule has 1 N–H and O–H groups in total. The van der Waals surface area contributed by atoms with Crippen LogP contribution in [0.15, 0.2) is 16.7 Å². The summed E-state index contributed by atoms with van der Waals surface area (Å²) in [5.41, 5.74) is 0.347. The van der Waals surface area contributed by atoms with E-state index in [1.165, 1.54) is 26.5 Å². The lowest BCUT2D eigenvalue weighted by Crippen LogP contribution is -2.24. The predicted octanol–water partition coefficient (Wildman–Crippen LogP) is 0.329. The summed E-state index contributed by atoms with van der Waals surface area (Å²) in [6.45, 7) is 0.310. The summed E-state index contributed by atoms with van der Waals surface area (Å²) in [6, 6.07) is 1.51. The number of rotatable bonds is 5. The van der Waals surface area contributed by atoms with E-state index in [0.717, 1.165) is 0 Å².